The first-order valence-electron chi connectivity index (χ1n) is 7.21. The van der Waals surface area contributed by atoms with E-state index in [1.807, 2.05) is 6.20 Å². The van der Waals surface area contributed by atoms with E-state index in [4.69, 9.17) is 0 Å². The number of nitrogens with one attached hydrogen (secondary N) is 2. The minimum absolute atomic E-state index is 0.124. The number of ether oxygens (including phenoxy) is 1. The molecule has 2 N–H and O–H groups in total. The Labute approximate surface area is 126 Å². The summed E-state index contributed by atoms with van der Waals surface area (Å²) in [4.78, 5) is 26.3. The molecule has 0 radical (unpaired) electrons. The highest BCUT2D eigenvalue weighted by Gasteiger charge is 2.48. The van der Waals surface area contributed by atoms with Crippen molar-refractivity contribution in [2.24, 2.45) is 11.8 Å². The van der Waals surface area contributed by atoms with E-state index < -0.39 is 0 Å². The molecule has 1 aliphatic rings. The van der Waals surface area contributed by atoms with Crippen LogP contribution >= 0.6 is 0 Å². The Bertz CT molecular complexity index is 725. The fourth-order valence-electron chi connectivity index (χ4n) is 2.71. The van der Waals surface area contributed by atoms with Gasteiger partial charge in [-0.05, 0) is 36.6 Å². The first-order chi connectivity index (χ1) is 10.6. The van der Waals surface area contributed by atoms with E-state index in [1.54, 1.807) is 6.07 Å². The van der Waals surface area contributed by atoms with Crippen molar-refractivity contribution in [1.29, 1.82) is 0 Å². The van der Waals surface area contributed by atoms with Gasteiger partial charge in [-0.1, -0.05) is 0 Å². The predicted molar refractivity (Wildman–Crippen MR) is 78.6 cm³/mol. The number of rotatable bonds is 5. The number of hydrogen-bond acceptors (Lipinski definition) is 3. The lowest BCUT2D eigenvalue weighted by molar-refractivity contribution is -0.143. The van der Waals surface area contributed by atoms with Gasteiger partial charge in [0, 0.05) is 23.6 Å². The Morgan fingerprint density at radius 1 is 1.41 bits per heavy atom. The molecule has 1 saturated carbocycles. The Kier molecular flexibility index (Phi) is 3.83. The van der Waals surface area contributed by atoms with Crippen LogP contribution in [0.15, 0.2) is 24.4 Å². The molecule has 2 atom stereocenters. The number of amides is 1. The van der Waals surface area contributed by atoms with Gasteiger partial charge in [0.25, 0.3) is 0 Å². The van der Waals surface area contributed by atoms with Crippen LogP contribution in [0.4, 0.5) is 4.39 Å². The molecule has 2 aromatic rings. The molecule has 1 heterocycles. The zero-order valence-corrected chi connectivity index (χ0v) is 12.2. The van der Waals surface area contributed by atoms with E-state index in [-0.39, 0.29) is 29.5 Å². The van der Waals surface area contributed by atoms with Crippen molar-refractivity contribution in [2.75, 3.05) is 13.7 Å². The summed E-state index contributed by atoms with van der Waals surface area (Å²) in [6.07, 6.45) is 2.98. The molecule has 1 fully saturated rings. The number of fused-ring (bicyclic) bond motifs is 1. The molecule has 22 heavy (non-hydrogen) atoms. The van der Waals surface area contributed by atoms with Crippen LogP contribution in [0.25, 0.3) is 10.9 Å². The summed E-state index contributed by atoms with van der Waals surface area (Å²) in [5.74, 6) is -1.30. The molecule has 5 nitrogen and oxygen atoms in total. The summed E-state index contributed by atoms with van der Waals surface area (Å²) in [6.45, 7) is 0.451. The lowest BCUT2D eigenvalue weighted by Crippen LogP contribution is -2.28. The van der Waals surface area contributed by atoms with Crippen molar-refractivity contribution in [3.63, 3.8) is 0 Å². The second-order valence-corrected chi connectivity index (χ2v) is 5.52. The van der Waals surface area contributed by atoms with Crippen molar-refractivity contribution in [1.82, 2.24) is 10.3 Å². The predicted octanol–water partition coefficient (Wildman–Crippen LogP) is 1.77. The molecule has 0 aliphatic heterocycles. The third-order valence-electron chi connectivity index (χ3n) is 4.05. The van der Waals surface area contributed by atoms with Gasteiger partial charge >= 0.3 is 5.97 Å². The standard InChI is InChI=1S/C16H17FN2O3/c1-22-16(21)13-7-12(13)15(20)18-5-4-9-8-19-14-3-2-10(17)6-11(9)14/h2-3,6,8,12-13,19H,4-5,7H2,1H3,(H,18,20). The van der Waals surface area contributed by atoms with E-state index >= 15 is 0 Å². The van der Waals surface area contributed by atoms with Gasteiger partial charge in [-0.15, -0.1) is 0 Å². The number of carbonyl (C=O) groups excluding carboxylic acids is 2. The highest BCUT2D eigenvalue weighted by molar-refractivity contribution is 5.90. The maximum Gasteiger partial charge on any atom is 0.309 e. The summed E-state index contributed by atoms with van der Waals surface area (Å²) in [5.41, 5.74) is 1.82. The van der Waals surface area contributed by atoms with E-state index in [0.717, 1.165) is 16.5 Å². The highest BCUT2D eigenvalue weighted by Crippen LogP contribution is 2.39. The van der Waals surface area contributed by atoms with Crippen molar-refractivity contribution < 1.29 is 18.7 Å². The van der Waals surface area contributed by atoms with Gasteiger partial charge in [-0.3, -0.25) is 9.59 Å². The Morgan fingerprint density at radius 2 is 2.23 bits per heavy atom. The highest BCUT2D eigenvalue weighted by atomic mass is 19.1. The molecule has 0 bridgehead atoms. The van der Waals surface area contributed by atoms with Gasteiger partial charge < -0.3 is 15.0 Å². The third kappa shape index (κ3) is 2.81. The van der Waals surface area contributed by atoms with Gasteiger partial charge in [0.1, 0.15) is 5.82 Å². The second-order valence-electron chi connectivity index (χ2n) is 5.52. The minimum Gasteiger partial charge on any atom is -0.469 e. The topological polar surface area (TPSA) is 71.2 Å². The van der Waals surface area contributed by atoms with Crippen molar-refractivity contribution in [3.8, 4) is 0 Å². The number of H-pyrrole nitrogens is 1. The van der Waals surface area contributed by atoms with Crippen LogP contribution in [0.3, 0.4) is 0 Å². The number of halogens is 1. The van der Waals surface area contributed by atoms with Crippen LogP contribution in [0, 0.1) is 17.7 Å². The first-order valence-corrected chi connectivity index (χ1v) is 7.21. The molecule has 0 spiro atoms. The van der Waals surface area contributed by atoms with E-state index in [2.05, 4.69) is 15.0 Å². The molecule has 1 aromatic carbocycles. The number of esters is 1. The lowest BCUT2D eigenvalue weighted by Gasteiger charge is -2.04. The fraction of sp³-hybridized carbons (Fsp3) is 0.375. The molecule has 3 rings (SSSR count). The van der Waals surface area contributed by atoms with Crippen LogP contribution < -0.4 is 5.32 Å². The summed E-state index contributed by atoms with van der Waals surface area (Å²) < 4.78 is 17.9. The maximum absolute atomic E-state index is 13.3. The van der Waals surface area contributed by atoms with Crippen LogP contribution in [-0.4, -0.2) is 30.5 Å². The SMILES string of the molecule is COC(=O)C1CC1C(=O)NCCc1c[nH]c2ccc(F)cc12. The van der Waals surface area contributed by atoms with Crippen molar-refractivity contribution in [2.45, 2.75) is 12.8 Å². The lowest BCUT2D eigenvalue weighted by atomic mass is 10.1. The Balaban J connectivity index is 1.54. The zero-order chi connectivity index (χ0) is 15.7. The number of hydrogen-bond donors (Lipinski definition) is 2. The number of aromatic amines is 1. The molecule has 1 amide bonds. The summed E-state index contributed by atoms with van der Waals surface area (Å²) in [6, 6.07) is 4.58. The number of methoxy groups -OCH3 is 1. The maximum atomic E-state index is 13.3. The monoisotopic (exact) mass is 304 g/mol. The number of benzene rings is 1. The fourth-order valence-corrected chi connectivity index (χ4v) is 2.71. The van der Waals surface area contributed by atoms with E-state index in [0.29, 0.717) is 19.4 Å². The van der Waals surface area contributed by atoms with Crippen LogP contribution in [0.1, 0.15) is 12.0 Å². The van der Waals surface area contributed by atoms with Crippen molar-refractivity contribution in [3.05, 3.63) is 35.8 Å². The largest absolute Gasteiger partial charge is 0.469 e. The second kappa shape index (κ2) is 5.79. The molecule has 6 heteroatoms. The molecule has 1 aromatic heterocycles. The average molecular weight is 304 g/mol. The Morgan fingerprint density at radius 3 is 3.00 bits per heavy atom. The Hall–Kier alpha value is -2.37. The third-order valence-corrected chi connectivity index (χ3v) is 4.05. The zero-order valence-electron chi connectivity index (χ0n) is 12.2. The minimum atomic E-state index is -0.327. The molecule has 1 aliphatic carbocycles. The van der Waals surface area contributed by atoms with Gasteiger partial charge in [-0.2, -0.15) is 0 Å². The molecule has 116 valence electrons. The van der Waals surface area contributed by atoms with Crippen LogP contribution in [0.2, 0.25) is 0 Å². The van der Waals surface area contributed by atoms with Crippen LogP contribution in [0.5, 0.6) is 0 Å². The average Bonchev–Trinajstić information content (AvgIpc) is 3.23. The number of carbonyl (C=O) groups is 2. The number of aromatic nitrogens is 1. The molecule has 2 unspecified atom stereocenters. The smallest absolute Gasteiger partial charge is 0.309 e. The van der Waals surface area contributed by atoms with Gasteiger partial charge in [0.05, 0.1) is 18.9 Å². The van der Waals surface area contributed by atoms with E-state index in [1.165, 1.54) is 19.2 Å². The van der Waals surface area contributed by atoms with Gasteiger partial charge in [-0.25, -0.2) is 4.39 Å². The molecule has 0 saturated heterocycles. The molecular weight excluding hydrogens is 287 g/mol. The van der Waals surface area contributed by atoms with Crippen LogP contribution in [-0.2, 0) is 20.7 Å². The first kappa shape index (κ1) is 14.6. The van der Waals surface area contributed by atoms with Gasteiger partial charge in [0.15, 0.2) is 0 Å². The van der Waals surface area contributed by atoms with Gasteiger partial charge in [0.2, 0.25) is 5.91 Å². The quantitative estimate of drug-likeness (QED) is 0.827. The van der Waals surface area contributed by atoms with E-state index in [9.17, 15) is 14.0 Å². The molecular formula is C16H17FN2O3. The summed E-state index contributed by atoms with van der Waals surface area (Å²) in [7, 11) is 1.33. The summed E-state index contributed by atoms with van der Waals surface area (Å²) in [5, 5.41) is 3.64. The van der Waals surface area contributed by atoms with Crippen molar-refractivity contribution >= 4 is 22.8 Å². The normalized spacial score (nSPS) is 19.9. The summed E-state index contributed by atoms with van der Waals surface area (Å²) >= 11 is 0.